The van der Waals surface area contributed by atoms with Gasteiger partial charge in [-0.2, -0.15) is 20.1 Å². The summed E-state index contributed by atoms with van der Waals surface area (Å²) in [5, 5.41) is 4.23. The Morgan fingerprint density at radius 2 is 1.67 bits per heavy atom. The number of benzene rings is 3. The minimum Gasteiger partial charge on any atom is -0.454 e. The molecule has 0 saturated heterocycles. The van der Waals surface area contributed by atoms with Gasteiger partial charge in [-0.3, -0.25) is 4.90 Å². The van der Waals surface area contributed by atoms with Crippen molar-refractivity contribution in [2.24, 2.45) is 0 Å². The summed E-state index contributed by atoms with van der Waals surface area (Å²) in [6.07, 6.45) is 2.09. The Bertz CT molecular complexity index is 1620. The molecule has 1 aliphatic heterocycles. The van der Waals surface area contributed by atoms with E-state index in [9.17, 15) is 8.78 Å². The van der Waals surface area contributed by atoms with Crippen molar-refractivity contribution in [1.82, 2.24) is 14.5 Å². The number of rotatable bonds is 13. The molecule has 9 heteroatoms. The monoisotopic (exact) mass is 601 g/mol. The molecule has 0 bridgehead atoms. The summed E-state index contributed by atoms with van der Waals surface area (Å²) in [7, 11) is 0. The van der Waals surface area contributed by atoms with Crippen LogP contribution in [0.5, 0.6) is 17.2 Å². The van der Waals surface area contributed by atoms with Gasteiger partial charge < -0.3 is 18.8 Å². The van der Waals surface area contributed by atoms with Crippen LogP contribution in [-0.2, 0) is 26.2 Å². The zero-order valence-corrected chi connectivity index (χ0v) is 24.7. The lowest BCUT2D eigenvalue weighted by Crippen LogP contribution is -2.24. The summed E-state index contributed by atoms with van der Waals surface area (Å²) in [6, 6.07) is 25.4. The molecule has 6 rings (SSSR count). The number of ether oxygens (including phenoxy) is 3. The average Bonchev–Trinajstić information content (AvgIpc) is 3.78. The zero-order chi connectivity index (χ0) is 29.6. The third-order valence-electron chi connectivity index (χ3n) is 7.41. The highest BCUT2D eigenvalue weighted by Gasteiger charge is 2.23. The van der Waals surface area contributed by atoms with Gasteiger partial charge in [-0.25, -0.2) is 4.98 Å². The summed E-state index contributed by atoms with van der Waals surface area (Å²) in [5.74, 6) is 2.59. The second kappa shape index (κ2) is 13.4. The molecule has 2 aromatic heterocycles. The quantitative estimate of drug-likeness (QED) is 0.135. The van der Waals surface area contributed by atoms with Gasteiger partial charge in [0.1, 0.15) is 11.6 Å². The van der Waals surface area contributed by atoms with Crippen molar-refractivity contribution in [2.45, 2.75) is 52.6 Å². The Balaban J connectivity index is 1.39. The summed E-state index contributed by atoms with van der Waals surface area (Å²) >= 11 is 1.66. The number of imidazole rings is 1. The molecule has 0 atom stereocenters. The molecule has 3 aromatic carbocycles. The minimum atomic E-state index is -2.86. The van der Waals surface area contributed by atoms with Crippen LogP contribution in [0.3, 0.4) is 0 Å². The van der Waals surface area contributed by atoms with Crippen LogP contribution in [0.4, 0.5) is 8.78 Å². The molecule has 43 heavy (non-hydrogen) atoms. The topological polar surface area (TPSA) is 48.8 Å². The van der Waals surface area contributed by atoms with Gasteiger partial charge in [-0.15, -0.1) is 0 Å². The number of alkyl halides is 2. The maximum Gasteiger partial charge on any atom is 0.387 e. The third-order valence-corrected chi connectivity index (χ3v) is 8.09. The third kappa shape index (κ3) is 6.89. The number of hydrogen-bond acceptors (Lipinski definition) is 6. The number of unbranched alkanes of at least 4 members (excludes halogenated alkanes) is 1. The highest BCUT2D eigenvalue weighted by molar-refractivity contribution is 7.08. The van der Waals surface area contributed by atoms with E-state index in [0.717, 1.165) is 70.4 Å². The van der Waals surface area contributed by atoms with Gasteiger partial charge in [0, 0.05) is 42.7 Å². The molecule has 0 fully saturated rings. The molecule has 222 valence electrons. The largest absolute Gasteiger partial charge is 0.454 e. The van der Waals surface area contributed by atoms with E-state index < -0.39 is 6.61 Å². The van der Waals surface area contributed by atoms with Crippen LogP contribution in [0, 0.1) is 0 Å². The van der Waals surface area contributed by atoms with Crippen molar-refractivity contribution in [3.05, 3.63) is 106 Å². The van der Waals surface area contributed by atoms with Gasteiger partial charge in [0.05, 0.1) is 11.4 Å². The summed E-state index contributed by atoms with van der Waals surface area (Å²) < 4.78 is 43.7. The van der Waals surface area contributed by atoms with E-state index in [-0.39, 0.29) is 12.5 Å². The van der Waals surface area contributed by atoms with Crippen LogP contribution in [-0.4, -0.2) is 27.9 Å². The second-order valence-corrected chi connectivity index (χ2v) is 11.2. The highest BCUT2D eigenvalue weighted by Crippen LogP contribution is 2.35. The van der Waals surface area contributed by atoms with Crippen LogP contribution < -0.4 is 14.2 Å². The lowest BCUT2D eigenvalue weighted by atomic mass is 10.1. The first-order valence-electron chi connectivity index (χ1n) is 14.4. The lowest BCUT2D eigenvalue weighted by molar-refractivity contribution is -0.0498. The van der Waals surface area contributed by atoms with Crippen molar-refractivity contribution in [2.75, 3.05) is 6.79 Å². The molecular weight excluding hydrogens is 568 g/mol. The number of aromatic nitrogens is 2. The van der Waals surface area contributed by atoms with Crippen molar-refractivity contribution in [3.8, 4) is 39.9 Å². The molecule has 0 N–H and O–H groups in total. The van der Waals surface area contributed by atoms with Gasteiger partial charge in [-0.1, -0.05) is 61.9 Å². The Kier molecular flexibility index (Phi) is 9.00. The fourth-order valence-electron chi connectivity index (χ4n) is 5.35. The normalized spacial score (nSPS) is 12.4. The summed E-state index contributed by atoms with van der Waals surface area (Å²) in [6.45, 7) is 2.26. The van der Waals surface area contributed by atoms with Gasteiger partial charge in [0.2, 0.25) is 6.79 Å². The molecule has 5 aromatic rings. The maximum atomic E-state index is 12.8. The lowest BCUT2D eigenvalue weighted by Gasteiger charge is -2.25. The number of thiophene rings is 1. The molecule has 1 aliphatic rings. The van der Waals surface area contributed by atoms with Crippen LogP contribution in [0.15, 0.2) is 89.6 Å². The molecule has 3 heterocycles. The van der Waals surface area contributed by atoms with Gasteiger partial charge in [-0.05, 0) is 53.3 Å². The zero-order valence-electron chi connectivity index (χ0n) is 23.9. The maximum absolute atomic E-state index is 12.8. The molecule has 6 nitrogen and oxygen atoms in total. The molecule has 0 amide bonds. The van der Waals surface area contributed by atoms with Crippen molar-refractivity contribution in [3.63, 3.8) is 0 Å². The minimum absolute atomic E-state index is 0.144. The van der Waals surface area contributed by atoms with E-state index in [2.05, 4.69) is 56.2 Å². The van der Waals surface area contributed by atoms with E-state index in [1.165, 1.54) is 0 Å². The average molecular weight is 602 g/mol. The van der Waals surface area contributed by atoms with Crippen LogP contribution in [0.2, 0.25) is 0 Å². The summed E-state index contributed by atoms with van der Waals surface area (Å²) in [5.41, 5.74) is 6.38. The fraction of sp³-hybridized carbons (Fsp3) is 0.265. The van der Waals surface area contributed by atoms with Gasteiger partial charge in [0.25, 0.3) is 0 Å². The number of fused-ring (bicyclic) bond motifs is 1. The number of nitrogens with zero attached hydrogens (tertiary/aromatic N) is 3. The van der Waals surface area contributed by atoms with Crippen molar-refractivity contribution in [1.29, 1.82) is 0 Å². The fourth-order valence-corrected chi connectivity index (χ4v) is 5.99. The van der Waals surface area contributed by atoms with E-state index in [1.807, 2.05) is 42.5 Å². The smallest absolute Gasteiger partial charge is 0.387 e. The molecule has 0 saturated carbocycles. The van der Waals surface area contributed by atoms with E-state index >= 15 is 0 Å². The van der Waals surface area contributed by atoms with E-state index in [0.29, 0.717) is 19.6 Å². The van der Waals surface area contributed by atoms with Crippen LogP contribution in [0.25, 0.3) is 22.6 Å². The predicted octanol–water partition coefficient (Wildman–Crippen LogP) is 8.61. The molecular formula is C34H33F2N3O3S. The van der Waals surface area contributed by atoms with Crippen molar-refractivity contribution >= 4 is 11.3 Å². The van der Waals surface area contributed by atoms with Crippen molar-refractivity contribution < 1.29 is 23.0 Å². The molecule has 0 aliphatic carbocycles. The Labute approximate surface area is 254 Å². The Morgan fingerprint density at radius 3 is 2.42 bits per heavy atom. The first kappa shape index (κ1) is 28.9. The van der Waals surface area contributed by atoms with Crippen LogP contribution in [0.1, 0.15) is 36.6 Å². The summed E-state index contributed by atoms with van der Waals surface area (Å²) in [4.78, 5) is 7.60. The van der Waals surface area contributed by atoms with Crippen LogP contribution >= 0.6 is 11.3 Å². The predicted molar refractivity (Wildman–Crippen MR) is 164 cm³/mol. The second-order valence-electron chi connectivity index (χ2n) is 10.5. The molecule has 0 unspecified atom stereocenters. The first-order valence-corrected chi connectivity index (χ1v) is 15.3. The molecule has 0 spiro atoms. The Hall–Kier alpha value is -4.21. The SMILES string of the molecule is CCCCn1c(-c2ccccc2)nc(-c2ccsc2)c1CN(Cc1ccc(OC(F)F)cc1)Cc1ccc2c(c1)OCO2. The van der Waals surface area contributed by atoms with Gasteiger partial charge >= 0.3 is 6.61 Å². The number of hydrogen-bond donors (Lipinski definition) is 0. The molecule has 0 radical (unpaired) electrons. The highest BCUT2D eigenvalue weighted by atomic mass is 32.1. The first-order chi connectivity index (χ1) is 21.1. The van der Waals surface area contributed by atoms with E-state index in [1.54, 1.807) is 23.5 Å². The van der Waals surface area contributed by atoms with E-state index in [4.69, 9.17) is 14.5 Å². The number of halogens is 2. The standard InChI is InChI=1S/C34H33F2N3O3S/c1-2-3-16-39-29(32(27-15-17-43-22-27)37-33(39)26-7-5-4-6-8-26)21-38(19-24-9-12-28(13-10-24)42-34(35)36)20-25-11-14-30-31(18-25)41-23-40-30/h4-15,17-18,22,34H,2-3,16,19-21,23H2,1H3. The Morgan fingerprint density at radius 1 is 0.907 bits per heavy atom. The van der Waals surface area contributed by atoms with Gasteiger partial charge in [0.15, 0.2) is 11.5 Å².